The Bertz CT molecular complexity index is 5000. The summed E-state index contributed by atoms with van der Waals surface area (Å²) in [5, 5.41) is 9.65. The number of thioether (sulfide) groups is 2. The second kappa shape index (κ2) is 34.9. The smallest absolute Gasteiger partial charge is 0.338 e. The molecule has 17 heteroatoms. The maximum atomic E-state index is 13.7. The number of hydrogen-bond donors (Lipinski definition) is 1. The first-order valence-electron chi connectivity index (χ1n) is 34.5. The zero-order valence-electron chi connectivity index (χ0n) is 57.7. The van der Waals surface area contributed by atoms with Crippen molar-refractivity contribution in [2.75, 3.05) is 13.2 Å². The van der Waals surface area contributed by atoms with E-state index in [1.54, 1.807) is 72.8 Å². The molecule has 532 valence electrons. The van der Waals surface area contributed by atoms with Gasteiger partial charge in [0.1, 0.15) is 18.6 Å². The van der Waals surface area contributed by atoms with E-state index in [9.17, 15) is 38.7 Å². The highest BCUT2D eigenvalue weighted by atomic mass is 32.2. The van der Waals surface area contributed by atoms with Gasteiger partial charge in [-0.25, -0.2) is 28.8 Å². The number of aliphatic hydroxyl groups excluding tert-OH is 1. The summed E-state index contributed by atoms with van der Waals surface area (Å²) in [6, 6.07) is 100. The van der Waals surface area contributed by atoms with Gasteiger partial charge < -0.3 is 38.3 Å². The van der Waals surface area contributed by atoms with Gasteiger partial charge in [0.15, 0.2) is 29.9 Å². The van der Waals surface area contributed by atoms with Crippen LogP contribution in [0.2, 0.25) is 0 Å². The molecule has 0 saturated carbocycles. The summed E-state index contributed by atoms with van der Waals surface area (Å²) in [4.78, 5) is 92.9. The van der Waals surface area contributed by atoms with E-state index in [4.69, 9.17) is 33.2 Å². The van der Waals surface area contributed by atoms with E-state index in [2.05, 4.69) is 0 Å². The average molecular weight is 1460 g/mol. The summed E-state index contributed by atoms with van der Waals surface area (Å²) < 4.78 is 40.9. The summed E-state index contributed by atoms with van der Waals surface area (Å²) in [5.74, 6) is -4.53. The van der Waals surface area contributed by atoms with Crippen LogP contribution in [0.1, 0.15) is 69.1 Å². The molecule has 0 bridgehead atoms. The molecule has 2 fully saturated rings. The van der Waals surface area contributed by atoms with Crippen molar-refractivity contribution in [3.8, 4) is 66.8 Å². The topological polar surface area (TPSA) is 204 Å². The van der Waals surface area contributed by atoms with Crippen LogP contribution in [0.3, 0.4) is 0 Å². The number of rotatable bonds is 21. The van der Waals surface area contributed by atoms with Crippen LogP contribution in [0.4, 0.5) is 0 Å². The fourth-order valence-electron chi connectivity index (χ4n) is 12.3. The van der Waals surface area contributed by atoms with Crippen molar-refractivity contribution in [3.05, 3.63) is 361 Å². The van der Waals surface area contributed by atoms with E-state index in [0.717, 1.165) is 90.3 Å². The molecule has 2 aliphatic heterocycles. The Hall–Kier alpha value is -12.4. The molecule has 8 atom stereocenters. The number of aliphatic hydroxyl groups is 1. The molecule has 2 aliphatic rings. The number of hydrogen-bond acceptors (Lipinski definition) is 17. The van der Waals surface area contributed by atoms with E-state index < -0.39 is 87.6 Å². The van der Waals surface area contributed by atoms with E-state index in [1.807, 2.05) is 255 Å². The van der Waals surface area contributed by atoms with Crippen LogP contribution in [0.25, 0.3) is 66.8 Å². The maximum Gasteiger partial charge on any atom is 0.338 e. The molecule has 14 rings (SSSR count). The minimum atomic E-state index is -1.25. The lowest BCUT2D eigenvalue weighted by Crippen LogP contribution is -2.42. The van der Waals surface area contributed by atoms with Gasteiger partial charge in [-0.2, -0.15) is 0 Å². The molecule has 0 aromatic heterocycles. The van der Waals surface area contributed by atoms with Crippen molar-refractivity contribution >= 4 is 65.3 Å². The van der Waals surface area contributed by atoms with Gasteiger partial charge in [-0.3, -0.25) is 4.79 Å². The molecular formula is C90H70O15S2. The lowest BCUT2D eigenvalue weighted by molar-refractivity contribution is -0.148. The molecule has 107 heavy (non-hydrogen) atoms. The van der Waals surface area contributed by atoms with Crippen molar-refractivity contribution in [2.24, 2.45) is 0 Å². The number of carbonyl (C=O) groups excluding carboxylic acids is 7. The van der Waals surface area contributed by atoms with Crippen LogP contribution in [0, 0.1) is 0 Å². The van der Waals surface area contributed by atoms with Crippen LogP contribution < -0.4 is 0 Å². The number of benzene rings is 12. The average Bonchev–Trinajstić information content (AvgIpc) is 1.66. The second-order valence-electron chi connectivity index (χ2n) is 25.1. The molecule has 1 N–H and O–H groups in total. The van der Waals surface area contributed by atoms with Crippen LogP contribution in [0.15, 0.2) is 328 Å². The Morgan fingerprint density at radius 2 is 0.458 bits per heavy atom. The van der Waals surface area contributed by atoms with Gasteiger partial charge >= 0.3 is 41.8 Å². The molecule has 2 unspecified atom stereocenters. The highest BCUT2D eigenvalue weighted by Crippen LogP contribution is 2.42. The van der Waals surface area contributed by atoms with Crippen molar-refractivity contribution < 1.29 is 71.8 Å². The van der Waals surface area contributed by atoms with E-state index >= 15 is 0 Å². The van der Waals surface area contributed by atoms with Gasteiger partial charge in [-0.15, -0.1) is 23.5 Å². The maximum absolute atomic E-state index is 13.7. The predicted molar refractivity (Wildman–Crippen MR) is 413 cm³/mol. The fourth-order valence-corrected chi connectivity index (χ4v) is 14.9. The van der Waals surface area contributed by atoms with Crippen molar-refractivity contribution in [1.82, 2.24) is 0 Å². The van der Waals surface area contributed by atoms with Crippen molar-refractivity contribution in [3.63, 3.8) is 0 Å². The zero-order valence-corrected chi connectivity index (χ0v) is 59.3. The Morgan fingerprint density at radius 3 is 0.710 bits per heavy atom. The SMILES string of the molecule is CC(=O)OC1S[C@@H](COC(=O)c2ccc(-c3ccccc3)cc2)[C@H](OC(=O)c2ccc(-c3ccccc3)cc2)[C@H]1OC(=O)c1ccc(-c2ccccc2)cc1.O=C(OC[C@H]1SC(O)[C@H](OC(=O)c2ccc(-c3ccccc3)cc2)[C@H]1OC(=O)c1ccc(-c2ccccc2)cc1)c1ccc(-c2ccccc2)cc1. The largest absolute Gasteiger partial charge is 0.461 e. The molecule has 0 spiro atoms. The third kappa shape index (κ3) is 18.6. The molecule has 2 heterocycles. The molecular weight excluding hydrogens is 1390 g/mol. The summed E-state index contributed by atoms with van der Waals surface area (Å²) in [6.45, 7) is 0.807. The van der Waals surface area contributed by atoms with Gasteiger partial charge in [0.2, 0.25) is 0 Å². The van der Waals surface area contributed by atoms with Crippen LogP contribution in [-0.2, 0) is 38.0 Å². The van der Waals surface area contributed by atoms with Gasteiger partial charge in [-0.1, -0.05) is 255 Å². The minimum absolute atomic E-state index is 0.203. The lowest BCUT2D eigenvalue weighted by Gasteiger charge is -2.25. The molecule has 15 nitrogen and oxygen atoms in total. The van der Waals surface area contributed by atoms with Gasteiger partial charge in [0.25, 0.3) is 0 Å². The molecule has 2 saturated heterocycles. The fraction of sp³-hybridized carbons (Fsp3) is 0.122. The van der Waals surface area contributed by atoms with Gasteiger partial charge in [0.05, 0.1) is 43.9 Å². The summed E-state index contributed by atoms with van der Waals surface area (Å²) in [7, 11) is 0. The Kier molecular flexibility index (Phi) is 23.8. The Labute approximate surface area is 627 Å². The van der Waals surface area contributed by atoms with Crippen LogP contribution >= 0.6 is 23.5 Å². The second-order valence-corrected chi connectivity index (χ2v) is 27.8. The van der Waals surface area contributed by atoms with Gasteiger partial charge in [0, 0.05) is 6.92 Å². The van der Waals surface area contributed by atoms with Crippen molar-refractivity contribution in [2.45, 2.75) is 52.7 Å². The number of esters is 7. The summed E-state index contributed by atoms with van der Waals surface area (Å²) in [5.41, 5.74) is 11.0. The molecule has 0 radical (unpaired) electrons. The quantitative estimate of drug-likeness (QED) is 0.0525. The van der Waals surface area contributed by atoms with Crippen LogP contribution in [-0.4, -0.2) is 106 Å². The predicted octanol–water partition coefficient (Wildman–Crippen LogP) is 18.0. The molecule has 0 amide bonds. The highest BCUT2D eigenvalue weighted by molar-refractivity contribution is 8.01. The molecule has 12 aromatic rings. The Balaban J connectivity index is 0.000000189. The Morgan fingerprint density at radius 1 is 0.252 bits per heavy atom. The van der Waals surface area contributed by atoms with E-state index in [1.165, 1.54) is 6.92 Å². The van der Waals surface area contributed by atoms with Crippen molar-refractivity contribution in [1.29, 1.82) is 0 Å². The summed E-state index contributed by atoms with van der Waals surface area (Å²) in [6.07, 6.45) is -4.73. The van der Waals surface area contributed by atoms with Gasteiger partial charge in [-0.05, 0) is 140 Å². The minimum Gasteiger partial charge on any atom is -0.461 e. The third-order valence-electron chi connectivity index (χ3n) is 17.9. The highest BCUT2D eigenvalue weighted by Gasteiger charge is 2.52. The number of carbonyl (C=O) groups is 7. The molecule has 12 aromatic carbocycles. The zero-order chi connectivity index (χ0) is 74.0. The summed E-state index contributed by atoms with van der Waals surface area (Å²) >= 11 is 2.11. The van der Waals surface area contributed by atoms with Crippen LogP contribution in [0.5, 0.6) is 0 Å². The normalized spacial score (nSPS) is 17.7. The number of ether oxygens (including phenoxy) is 7. The third-order valence-corrected chi connectivity index (χ3v) is 20.6. The standard InChI is InChI=1S/C46H36O8S.C44H34O7S/c1-30(47)52-46-42(54-45(50)39-27-21-36(22-28-39)33-15-9-4-10-16-33)41(53-44(49)38-25-19-35(20-26-38)32-13-7-3-8-14-32)40(55-46)29-51-43(48)37-23-17-34(18-24-37)31-11-5-2-6-12-31;45-41(35-22-16-32(17-23-35)29-10-4-1-5-11-29)49-28-38-39(50-42(46)36-24-18-33(19-25-36)30-12-6-2-7-13-30)40(44(48)52-38)51-43(47)37-26-20-34(21-27-37)31-14-8-3-9-15-31/h2-28,40-42,46H,29H2,1H3;1-27,38-40,44,48H,28H2/t40-,41-,42+,46?;38-,39+,40-,44?/m01/s1. The first kappa shape index (κ1) is 72.9. The molecule has 0 aliphatic carbocycles. The van der Waals surface area contributed by atoms with E-state index in [0.29, 0.717) is 11.1 Å². The lowest BCUT2D eigenvalue weighted by atomic mass is 10.0. The van der Waals surface area contributed by atoms with E-state index in [-0.39, 0.29) is 35.5 Å². The first-order valence-corrected chi connectivity index (χ1v) is 36.4. The monoisotopic (exact) mass is 1450 g/mol. The first-order chi connectivity index (χ1) is 52.2.